The van der Waals surface area contributed by atoms with E-state index in [2.05, 4.69) is 115 Å². The summed E-state index contributed by atoms with van der Waals surface area (Å²) < 4.78 is 0. The number of rotatable bonds is 10. The third-order valence-electron chi connectivity index (χ3n) is 9.63. The lowest BCUT2D eigenvalue weighted by Gasteiger charge is -2.21. The molecule has 0 radical (unpaired) electrons. The molecule has 8 rings (SSSR count). The first-order valence-electron chi connectivity index (χ1n) is 15.9. The Labute approximate surface area is 256 Å². The number of hydrogen-bond acceptors (Lipinski definition) is 2. The van der Waals surface area contributed by atoms with E-state index in [4.69, 9.17) is 0 Å². The second-order valence-corrected chi connectivity index (χ2v) is 12.3. The monoisotopic (exact) mass is 573 g/mol. The average Bonchev–Trinajstić information content (AvgIpc) is 3.06. The zero-order chi connectivity index (χ0) is 29.6. The van der Waals surface area contributed by atoms with Crippen LogP contribution in [-0.4, -0.2) is 23.7 Å². The third kappa shape index (κ3) is 4.60. The maximum atomic E-state index is 13.3. The molecule has 3 nitrogen and oxygen atoms in total. The van der Waals surface area contributed by atoms with Gasteiger partial charge >= 0.3 is 0 Å². The third-order valence-corrected chi connectivity index (χ3v) is 9.63. The minimum Gasteiger partial charge on any atom is -0.396 e. The van der Waals surface area contributed by atoms with Gasteiger partial charge in [-0.25, -0.2) is 0 Å². The number of nitrogens with one attached hydrogen (secondary N) is 1. The van der Waals surface area contributed by atoms with Gasteiger partial charge in [-0.3, -0.25) is 4.79 Å². The number of carbonyl (C=O) groups is 1. The predicted octanol–water partition coefficient (Wildman–Crippen LogP) is 9.30. The van der Waals surface area contributed by atoms with Crippen LogP contribution < -0.4 is 5.32 Å². The van der Waals surface area contributed by atoms with Gasteiger partial charge in [0, 0.05) is 19.1 Å². The summed E-state index contributed by atoms with van der Waals surface area (Å²) in [4.78, 5) is 13.3. The van der Waals surface area contributed by atoms with E-state index >= 15 is 0 Å². The molecule has 2 N–H and O–H groups in total. The van der Waals surface area contributed by atoms with Gasteiger partial charge < -0.3 is 10.4 Å². The van der Waals surface area contributed by atoms with Gasteiger partial charge in [-0.1, -0.05) is 109 Å². The highest BCUT2D eigenvalue weighted by Crippen LogP contribution is 2.37. The zero-order valence-electron chi connectivity index (χ0n) is 24.8. The molecule has 1 unspecified atom stereocenters. The van der Waals surface area contributed by atoms with Crippen LogP contribution in [0.4, 0.5) is 0 Å². The van der Waals surface area contributed by atoms with Crippen molar-refractivity contribution in [2.75, 3.05) is 6.61 Å². The fraction of sp³-hybridized carbons (Fsp3) is 0.195. The molecule has 1 amide bonds. The largest absolute Gasteiger partial charge is 0.396 e. The van der Waals surface area contributed by atoms with Crippen LogP contribution in [0.25, 0.3) is 64.6 Å². The molecule has 8 aromatic rings. The lowest BCUT2D eigenvalue weighted by molar-refractivity contribution is -0.121. The molecule has 216 valence electrons. The Morgan fingerprint density at radius 3 is 1.61 bits per heavy atom. The number of benzene rings is 8. The highest BCUT2D eigenvalue weighted by Gasteiger charge is 2.17. The number of amides is 1. The van der Waals surface area contributed by atoms with Gasteiger partial charge in [0.2, 0.25) is 5.91 Å². The van der Waals surface area contributed by atoms with Crippen LogP contribution in [0, 0.1) is 0 Å². The van der Waals surface area contributed by atoms with Crippen molar-refractivity contribution in [3.63, 3.8) is 0 Å². The summed E-state index contributed by atoms with van der Waals surface area (Å²) in [5.41, 5.74) is 2.54. The number of aliphatic hydroxyl groups excluding tert-OH is 1. The molecule has 0 aliphatic rings. The SMILES string of the molecule is O=C(CCCc1ccc2ccc3cccc4ccc1c2c34)NC(CCCO)Cc1ccc2ccc3cccc4ccc1c2c34. The van der Waals surface area contributed by atoms with Gasteiger partial charge in [0.1, 0.15) is 0 Å². The molecule has 0 saturated heterocycles. The molecule has 1 atom stereocenters. The molecule has 0 aliphatic carbocycles. The Morgan fingerprint density at radius 2 is 1.05 bits per heavy atom. The Hall–Kier alpha value is -4.73. The molecular formula is C41H35NO2. The summed E-state index contributed by atoms with van der Waals surface area (Å²) in [5, 5.41) is 28.4. The summed E-state index contributed by atoms with van der Waals surface area (Å²) >= 11 is 0. The molecule has 3 heteroatoms. The van der Waals surface area contributed by atoms with Crippen LogP contribution in [0.3, 0.4) is 0 Å². The molecule has 8 aromatic carbocycles. The van der Waals surface area contributed by atoms with Crippen molar-refractivity contribution in [3.05, 3.63) is 120 Å². The van der Waals surface area contributed by atoms with Crippen molar-refractivity contribution < 1.29 is 9.90 Å². The smallest absolute Gasteiger partial charge is 0.220 e. The second kappa shape index (κ2) is 11.1. The predicted molar refractivity (Wildman–Crippen MR) is 185 cm³/mol. The maximum absolute atomic E-state index is 13.3. The molecule has 44 heavy (non-hydrogen) atoms. The van der Waals surface area contributed by atoms with Crippen LogP contribution in [-0.2, 0) is 17.6 Å². The van der Waals surface area contributed by atoms with E-state index in [1.54, 1.807) is 0 Å². The Morgan fingerprint density at radius 1 is 0.568 bits per heavy atom. The summed E-state index contributed by atoms with van der Waals surface area (Å²) in [6, 6.07) is 39.6. The van der Waals surface area contributed by atoms with Crippen molar-refractivity contribution in [1.82, 2.24) is 5.32 Å². The lowest BCUT2D eigenvalue weighted by Crippen LogP contribution is -2.36. The first-order chi connectivity index (χ1) is 21.7. The maximum Gasteiger partial charge on any atom is 0.220 e. The van der Waals surface area contributed by atoms with E-state index in [1.807, 2.05) is 0 Å². The first kappa shape index (κ1) is 26.9. The van der Waals surface area contributed by atoms with E-state index in [-0.39, 0.29) is 18.6 Å². The van der Waals surface area contributed by atoms with Crippen molar-refractivity contribution in [2.24, 2.45) is 0 Å². The topological polar surface area (TPSA) is 49.3 Å². The average molecular weight is 574 g/mol. The van der Waals surface area contributed by atoms with Crippen molar-refractivity contribution in [3.8, 4) is 0 Å². The number of carbonyl (C=O) groups excluding carboxylic acids is 1. The van der Waals surface area contributed by atoms with Gasteiger partial charge in [0.15, 0.2) is 0 Å². The Bertz CT molecular complexity index is 2250. The lowest BCUT2D eigenvalue weighted by atomic mass is 9.89. The fourth-order valence-electron chi connectivity index (χ4n) is 7.56. The normalized spacial score (nSPS) is 12.8. The van der Waals surface area contributed by atoms with Crippen LogP contribution >= 0.6 is 0 Å². The van der Waals surface area contributed by atoms with Crippen molar-refractivity contribution in [2.45, 2.75) is 44.6 Å². The fourth-order valence-corrected chi connectivity index (χ4v) is 7.56. The minimum atomic E-state index is -0.0253. The molecule has 0 spiro atoms. The summed E-state index contributed by atoms with van der Waals surface area (Å²) in [6.45, 7) is 0.125. The van der Waals surface area contributed by atoms with Crippen molar-refractivity contribution >= 4 is 70.5 Å². The minimum absolute atomic E-state index is 0.0253. The first-order valence-corrected chi connectivity index (χ1v) is 15.9. The summed E-state index contributed by atoms with van der Waals surface area (Å²) in [5.74, 6) is 0.0864. The Kier molecular flexibility index (Phi) is 6.76. The Balaban J connectivity index is 1.00. The quantitative estimate of drug-likeness (QED) is 0.160. The number of hydrogen-bond donors (Lipinski definition) is 2. The van der Waals surface area contributed by atoms with E-state index in [0.29, 0.717) is 12.8 Å². The molecule has 0 fully saturated rings. The van der Waals surface area contributed by atoms with Crippen LogP contribution in [0.2, 0.25) is 0 Å². The van der Waals surface area contributed by atoms with E-state index < -0.39 is 0 Å². The van der Waals surface area contributed by atoms with Gasteiger partial charge in [0.05, 0.1) is 0 Å². The highest BCUT2D eigenvalue weighted by atomic mass is 16.3. The van der Waals surface area contributed by atoms with Crippen LogP contribution in [0.1, 0.15) is 36.8 Å². The molecular weight excluding hydrogens is 538 g/mol. The van der Waals surface area contributed by atoms with Gasteiger partial charge in [-0.05, 0) is 108 Å². The molecule has 0 aliphatic heterocycles. The van der Waals surface area contributed by atoms with E-state index in [1.165, 1.54) is 75.8 Å². The van der Waals surface area contributed by atoms with Crippen LogP contribution in [0.5, 0.6) is 0 Å². The molecule has 0 heterocycles. The van der Waals surface area contributed by atoms with Crippen LogP contribution in [0.15, 0.2) is 109 Å². The summed E-state index contributed by atoms with van der Waals surface area (Å²) in [6.07, 6.45) is 4.29. The second-order valence-electron chi connectivity index (χ2n) is 12.3. The molecule has 0 aromatic heterocycles. The number of aliphatic hydroxyl groups is 1. The molecule has 0 saturated carbocycles. The molecule has 0 bridgehead atoms. The number of aryl methyl sites for hydroxylation is 1. The summed E-state index contributed by atoms with van der Waals surface area (Å²) in [7, 11) is 0. The van der Waals surface area contributed by atoms with E-state index in [9.17, 15) is 9.90 Å². The van der Waals surface area contributed by atoms with E-state index in [0.717, 1.165) is 25.7 Å². The standard InChI is InChI=1S/C41H35NO2/c43-24-4-10-34(25-33-19-18-32-17-15-28-7-2-9-30-21-23-36(33)41(32)39(28)30)42-37(44)11-3-5-26-12-13-31-16-14-27-6-1-8-29-20-22-35(26)40(31)38(27)29/h1-2,6-9,12-23,34,43H,3-5,10-11,24-25H2,(H,42,44). The zero-order valence-corrected chi connectivity index (χ0v) is 24.8. The van der Waals surface area contributed by atoms with Gasteiger partial charge in [0.25, 0.3) is 0 Å². The van der Waals surface area contributed by atoms with Crippen molar-refractivity contribution in [1.29, 1.82) is 0 Å². The highest BCUT2D eigenvalue weighted by molar-refractivity contribution is 6.24. The van der Waals surface area contributed by atoms with Gasteiger partial charge in [-0.2, -0.15) is 0 Å². The van der Waals surface area contributed by atoms with Gasteiger partial charge in [-0.15, -0.1) is 0 Å².